The third-order valence-corrected chi connectivity index (χ3v) is 3.80. The fourth-order valence-electron chi connectivity index (χ4n) is 2.54. The van der Waals surface area contributed by atoms with Crippen LogP contribution in [0.15, 0.2) is 18.2 Å². The maximum Gasteiger partial charge on any atom is 0.247 e. The van der Waals surface area contributed by atoms with Gasteiger partial charge >= 0.3 is 0 Å². The summed E-state index contributed by atoms with van der Waals surface area (Å²) in [6.45, 7) is 7.43. The first kappa shape index (κ1) is 12.7. The van der Waals surface area contributed by atoms with Gasteiger partial charge in [-0.05, 0) is 32.4 Å². The second kappa shape index (κ2) is 4.19. The number of nitrogen functional groups attached to an aromatic ring is 1. The zero-order valence-corrected chi connectivity index (χ0v) is 11.5. The van der Waals surface area contributed by atoms with E-state index in [-0.39, 0.29) is 5.91 Å². The van der Waals surface area contributed by atoms with E-state index in [9.17, 15) is 4.79 Å². The van der Waals surface area contributed by atoms with Crippen LogP contribution in [0.25, 0.3) is 0 Å². The fraction of sp³-hybridized carbons (Fsp3) is 0.500. The molecule has 1 saturated heterocycles. The lowest BCUT2D eigenvalue weighted by molar-refractivity contribution is -0.136. The summed E-state index contributed by atoms with van der Waals surface area (Å²) in [4.78, 5) is 16.2. The Hall–Kier alpha value is -1.71. The van der Waals surface area contributed by atoms with E-state index in [1.165, 1.54) is 0 Å². The molecule has 1 aliphatic heterocycles. The number of aryl methyl sites for hydroxylation is 1. The number of carbonyl (C=O) groups is 1. The maximum absolute atomic E-state index is 12.3. The molecule has 0 atom stereocenters. The predicted octanol–water partition coefficient (Wildman–Crippen LogP) is 1.63. The summed E-state index contributed by atoms with van der Waals surface area (Å²) in [7, 11) is 1.85. The number of rotatable bonds is 1. The lowest BCUT2D eigenvalue weighted by Crippen LogP contribution is -2.62. The van der Waals surface area contributed by atoms with Gasteiger partial charge in [0.15, 0.2) is 0 Å². The first-order valence-corrected chi connectivity index (χ1v) is 6.24. The Morgan fingerprint density at radius 2 is 1.94 bits per heavy atom. The Kier molecular flexibility index (Phi) is 2.97. The Morgan fingerprint density at radius 1 is 1.28 bits per heavy atom. The topological polar surface area (TPSA) is 49.6 Å². The molecule has 1 aliphatic rings. The van der Waals surface area contributed by atoms with Gasteiger partial charge in [-0.1, -0.05) is 12.1 Å². The van der Waals surface area contributed by atoms with Gasteiger partial charge < -0.3 is 15.5 Å². The van der Waals surface area contributed by atoms with Gasteiger partial charge in [0.1, 0.15) is 5.54 Å². The number of likely N-dealkylation sites (N-methyl/N-ethyl adjacent to an activating group) is 1. The summed E-state index contributed by atoms with van der Waals surface area (Å²) >= 11 is 0. The van der Waals surface area contributed by atoms with Crippen molar-refractivity contribution in [2.75, 3.05) is 30.8 Å². The quantitative estimate of drug-likeness (QED) is 0.767. The van der Waals surface area contributed by atoms with Gasteiger partial charge in [0, 0.05) is 20.1 Å². The van der Waals surface area contributed by atoms with Crippen molar-refractivity contribution in [1.82, 2.24) is 4.90 Å². The molecule has 4 heteroatoms. The number of benzene rings is 1. The molecule has 18 heavy (non-hydrogen) atoms. The van der Waals surface area contributed by atoms with E-state index in [2.05, 4.69) is 4.90 Å². The minimum atomic E-state index is -0.547. The molecular formula is C14H21N3O. The Bertz CT molecular complexity index is 482. The molecular weight excluding hydrogens is 226 g/mol. The maximum atomic E-state index is 12.3. The summed E-state index contributed by atoms with van der Waals surface area (Å²) in [6.07, 6.45) is 0. The second-order valence-corrected chi connectivity index (χ2v) is 5.45. The molecule has 0 unspecified atom stereocenters. The number of amides is 1. The summed E-state index contributed by atoms with van der Waals surface area (Å²) in [5, 5.41) is 0. The van der Waals surface area contributed by atoms with Gasteiger partial charge in [0.2, 0.25) is 5.91 Å². The molecule has 2 N–H and O–H groups in total. The van der Waals surface area contributed by atoms with Gasteiger partial charge in [0.25, 0.3) is 0 Å². The summed E-state index contributed by atoms with van der Waals surface area (Å²) < 4.78 is 0. The number of hydrogen-bond donors (Lipinski definition) is 1. The first-order chi connectivity index (χ1) is 8.35. The molecule has 1 aromatic rings. The lowest BCUT2D eigenvalue weighted by atomic mass is 9.96. The molecule has 98 valence electrons. The van der Waals surface area contributed by atoms with E-state index >= 15 is 0 Å². The normalized spacial score (nSPS) is 19.2. The molecule has 0 aliphatic carbocycles. The van der Waals surface area contributed by atoms with Crippen LogP contribution in [0, 0.1) is 6.92 Å². The predicted molar refractivity (Wildman–Crippen MR) is 74.7 cm³/mol. The van der Waals surface area contributed by atoms with Gasteiger partial charge in [-0.25, -0.2) is 0 Å². The molecule has 0 spiro atoms. The Morgan fingerprint density at radius 3 is 2.61 bits per heavy atom. The van der Waals surface area contributed by atoms with Crippen LogP contribution in [-0.2, 0) is 4.79 Å². The smallest absolute Gasteiger partial charge is 0.247 e. The van der Waals surface area contributed by atoms with Crippen molar-refractivity contribution < 1.29 is 4.79 Å². The minimum absolute atomic E-state index is 0.134. The van der Waals surface area contributed by atoms with Gasteiger partial charge in [-0.15, -0.1) is 0 Å². The van der Waals surface area contributed by atoms with E-state index in [1.807, 2.05) is 46.0 Å². The van der Waals surface area contributed by atoms with Crippen LogP contribution in [0.2, 0.25) is 0 Å². The van der Waals surface area contributed by atoms with Gasteiger partial charge in [-0.3, -0.25) is 4.79 Å². The van der Waals surface area contributed by atoms with Gasteiger partial charge in [-0.2, -0.15) is 0 Å². The van der Waals surface area contributed by atoms with Crippen molar-refractivity contribution in [2.45, 2.75) is 26.3 Å². The molecule has 2 rings (SSSR count). The summed E-state index contributed by atoms with van der Waals surface area (Å²) in [5.74, 6) is 0.134. The van der Waals surface area contributed by atoms with Crippen molar-refractivity contribution >= 4 is 17.3 Å². The molecule has 1 fully saturated rings. The van der Waals surface area contributed by atoms with E-state index in [1.54, 1.807) is 4.90 Å². The van der Waals surface area contributed by atoms with E-state index in [0.29, 0.717) is 0 Å². The second-order valence-electron chi connectivity index (χ2n) is 5.45. The van der Waals surface area contributed by atoms with Crippen molar-refractivity contribution in [2.24, 2.45) is 0 Å². The highest BCUT2D eigenvalue weighted by Gasteiger charge is 2.41. The fourth-order valence-corrected chi connectivity index (χ4v) is 2.54. The Labute approximate surface area is 108 Å². The van der Waals surface area contributed by atoms with Crippen LogP contribution in [0.4, 0.5) is 11.4 Å². The standard InChI is InChI=1S/C14H21N3O/c1-10-6-5-7-11(12(10)15)17-9-8-16(4)13(18)14(17,2)3/h5-7H,8-9,15H2,1-4H3. The molecule has 1 aromatic carbocycles. The Balaban J connectivity index is 2.45. The zero-order chi connectivity index (χ0) is 13.5. The zero-order valence-electron chi connectivity index (χ0n) is 11.5. The number of nitrogens with two attached hydrogens (primary N) is 1. The molecule has 4 nitrogen and oxygen atoms in total. The first-order valence-electron chi connectivity index (χ1n) is 6.24. The van der Waals surface area contributed by atoms with Crippen molar-refractivity contribution in [3.05, 3.63) is 23.8 Å². The summed E-state index contributed by atoms with van der Waals surface area (Å²) in [5.41, 5.74) is 8.38. The van der Waals surface area contributed by atoms with Gasteiger partial charge in [0.05, 0.1) is 11.4 Å². The number of anilines is 2. The molecule has 0 bridgehead atoms. The highest BCUT2D eigenvalue weighted by molar-refractivity contribution is 5.91. The number of hydrogen-bond acceptors (Lipinski definition) is 3. The lowest BCUT2D eigenvalue weighted by Gasteiger charge is -2.46. The average Bonchev–Trinajstić information content (AvgIpc) is 2.31. The van der Waals surface area contributed by atoms with Crippen molar-refractivity contribution in [3.8, 4) is 0 Å². The minimum Gasteiger partial charge on any atom is -0.397 e. The third kappa shape index (κ3) is 1.82. The van der Waals surface area contributed by atoms with E-state index < -0.39 is 5.54 Å². The highest BCUT2D eigenvalue weighted by Crippen LogP contribution is 2.33. The highest BCUT2D eigenvalue weighted by atomic mass is 16.2. The number of carbonyl (C=O) groups excluding carboxylic acids is 1. The van der Waals surface area contributed by atoms with Crippen LogP contribution in [0.1, 0.15) is 19.4 Å². The van der Waals surface area contributed by atoms with Crippen LogP contribution in [-0.4, -0.2) is 36.5 Å². The summed E-state index contributed by atoms with van der Waals surface area (Å²) in [6, 6.07) is 5.96. The number of nitrogens with zero attached hydrogens (tertiary/aromatic N) is 2. The van der Waals surface area contributed by atoms with Crippen LogP contribution >= 0.6 is 0 Å². The number of para-hydroxylation sites is 1. The monoisotopic (exact) mass is 247 g/mol. The molecule has 0 radical (unpaired) electrons. The van der Waals surface area contributed by atoms with Crippen molar-refractivity contribution in [3.63, 3.8) is 0 Å². The van der Waals surface area contributed by atoms with E-state index in [4.69, 9.17) is 5.73 Å². The van der Waals surface area contributed by atoms with Crippen molar-refractivity contribution in [1.29, 1.82) is 0 Å². The average molecular weight is 247 g/mol. The van der Waals surface area contributed by atoms with Crippen LogP contribution < -0.4 is 10.6 Å². The third-order valence-electron chi connectivity index (χ3n) is 3.80. The molecule has 0 aromatic heterocycles. The van der Waals surface area contributed by atoms with Crippen LogP contribution in [0.5, 0.6) is 0 Å². The number of piperazine rings is 1. The largest absolute Gasteiger partial charge is 0.397 e. The SMILES string of the molecule is Cc1cccc(N2CCN(C)C(=O)C2(C)C)c1N. The molecule has 0 saturated carbocycles. The van der Waals surface area contributed by atoms with Crippen LogP contribution in [0.3, 0.4) is 0 Å². The molecule has 1 amide bonds. The van der Waals surface area contributed by atoms with E-state index in [0.717, 1.165) is 30.0 Å². The molecule has 1 heterocycles.